The molecule has 162 valence electrons. The van der Waals surface area contributed by atoms with Crippen LogP contribution in [0.15, 0.2) is 18.3 Å². The van der Waals surface area contributed by atoms with Gasteiger partial charge >= 0.3 is 0 Å². The van der Waals surface area contributed by atoms with Crippen molar-refractivity contribution in [2.75, 3.05) is 5.32 Å². The number of rotatable bonds is 7. The molecule has 3 saturated carbocycles. The molecule has 0 spiro atoms. The minimum Gasteiger partial charge on any atom is -0.367 e. The van der Waals surface area contributed by atoms with Crippen molar-refractivity contribution in [3.8, 4) is 0 Å². The van der Waals surface area contributed by atoms with Gasteiger partial charge in [-0.1, -0.05) is 69.4 Å². The average Bonchev–Trinajstić information content (AvgIpc) is 2.76. The molecule has 3 N–H and O–H groups in total. The lowest BCUT2D eigenvalue weighted by Gasteiger charge is -2.39. The highest BCUT2D eigenvalue weighted by Crippen LogP contribution is 2.31. The Kier molecular flexibility index (Phi) is 7.71. The first kappa shape index (κ1) is 21.4. The summed E-state index contributed by atoms with van der Waals surface area (Å²) in [5, 5.41) is 10.5. The molecule has 0 aromatic carbocycles. The largest absolute Gasteiger partial charge is 0.367 e. The van der Waals surface area contributed by atoms with Gasteiger partial charge in [0, 0.05) is 29.9 Å². The third-order valence-corrected chi connectivity index (χ3v) is 7.57. The molecule has 0 unspecified atom stereocenters. The Morgan fingerprint density at radius 1 is 0.690 bits per heavy atom. The highest BCUT2D eigenvalue weighted by molar-refractivity contribution is 6.23. The second-order valence-electron chi connectivity index (χ2n) is 9.53. The number of nitrogens with zero attached hydrogens (tertiary/aromatic N) is 1. The highest BCUT2D eigenvalue weighted by atomic mass is 35.5. The standard InChI is InChI=1S/C24H39ClN4/c25-24(28-21-12-6-2-7-13-21,29-22-14-8-3-9-15-22)19-16-17-23(26-18-19)27-20-10-4-1-5-11-20/h16-18,20-22,28-29H,1-15H2,(H,26,27). The molecule has 1 aromatic rings. The lowest BCUT2D eigenvalue weighted by atomic mass is 9.93. The van der Waals surface area contributed by atoms with Crippen LogP contribution < -0.4 is 16.0 Å². The van der Waals surface area contributed by atoms with Crippen molar-refractivity contribution in [1.29, 1.82) is 0 Å². The summed E-state index contributed by atoms with van der Waals surface area (Å²) in [5.41, 5.74) is 1.05. The van der Waals surface area contributed by atoms with Crippen LogP contribution in [0.5, 0.6) is 0 Å². The lowest BCUT2D eigenvalue weighted by molar-refractivity contribution is 0.236. The molecule has 1 heterocycles. The van der Waals surface area contributed by atoms with E-state index in [-0.39, 0.29) is 0 Å². The number of hydrogen-bond donors (Lipinski definition) is 3. The van der Waals surface area contributed by atoms with Crippen LogP contribution in [-0.2, 0) is 5.12 Å². The average molecular weight is 419 g/mol. The Labute approximate surface area is 182 Å². The van der Waals surface area contributed by atoms with E-state index in [1.807, 2.05) is 6.20 Å². The predicted molar refractivity (Wildman–Crippen MR) is 122 cm³/mol. The van der Waals surface area contributed by atoms with E-state index in [1.165, 1.54) is 96.3 Å². The molecular formula is C24H39ClN4. The first-order valence-corrected chi connectivity index (χ1v) is 12.6. The number of alkyl halides is 1. The van der Waals surface area contributed by atoms with Gasteiger partial charge < -0.3 is 5.32 Å². The van der Waals surface area contributed by atoms with Gasteiger partial charge in [-0.3, -0.25) is 10.6 Å². The fourth-order valence-corrected chi connectivity index (χ4v) is 5.82. The maximum absolute atomic E-state index is 7.29. The summed E-state index contributed by atoms with van der Waals surface area (Å²) in [7, 11) is 0. The molecule has 5 heteroatoms. The minimum atomic E-state index is -0.722. The van der Waals surface area contributed by atoms with E-state index in [0.29, 0.717) is 18.1 Å². The summed E-state index contributed by atoms with van der Waals surface area (Å²) in [6.07, 6.45) is 21.3. The Hall–Kier alpha value is -0.840. The molecule has 3 fully saturated rings. The molecule has 0 saturated heterocycles. The second kappa shape index (κ2) is 10.5. The van der Waals surface area contributed by atoms with Gasteiger partial charge in [0.2, 0.25) is 0 Å². The van der Waals surface area contributed by atoms with Crippen molar-refractivity contribution < 1.29 is 0 Å². The van der Waals surface area contributed by atoms with Gasteiger partial charge in [-0.2, -0.15) is 0 Å². The summed E-state index contributed by atoms with van der Waals surface area (Å²) < 4.78 is 0. The second-order valence-corrected chi connectivity index (χ2v) is 10.1. The van der Waals surface area contributed by atoms with Gasteiger partial charge in [-0.25, -0.2) is 4.98 Å². The summed E-state index contributed by atoms with van der Waals surface area (Å²) in [6.45, 7) is 0. The Bertz CT molecular complexity index is 582. The van der Waals surface area contributed by atoms with Crippen molar-refractivity contribution in [1.82, 2.24) is 15.6 Å². The number of pyridine rings is 1. The third kappa shape index (κ3) is 6.08. The zero-order chi connectivity index (χ0) is 19.9. The zero-order valence-corrected chi connectivity index (χ0v) is 18.7. The smallest absolute Gasteiger partial charge is 0.174 e. The topological polar surface area (TPSA) is 49.0 Å². The molecule has 4 nitrogen and oxygen atoms in total. The zero-order valence-electron chi connectivity index (χ0n) is 17.9. The van der Waals surface area contributed by atoms with Crippen molar-refractivity contribution in [2.24, 2.45) is 0 Å². The van der Waals surface area contributed by atoms with Gasteiger partial charge in [-0.15, -0.1) is 0 Å². The molecule has 0 bridgehead atoms. The van der Waals surface area contributed by atoms with Crippen molar-refractivity contribution in [3.63, 3.8) is 0 Å². The Morgan fingerprint density at radius 2 is 1.17 bits per heavy atom. The number of nitrogens with one attached hydrogen (secondary N) is 3. The summed E-state index contributed by atoms with van der Waals surface area (Å²) in [4.78, 5) is 4.75. The molecule has 4 rings (SSSR count). The highest BCUT2D eigenvalue weighted by Gasteiger charge is 2.35. The summed E-state index contributed by atoms with van der Waals surface area (Å²) in [6, 6.07) is 5.82. The molecule has 0 aliphatic heterocycles. The summed E-state index contributed by atoms with van der Waals surface area (Å²) in [5.74, 6) is 0.981. The van der Waals surface area contributed by atoms with Gasteiger partial charge in [-0.05, 0) is 50.7 Å². The molecule has 0 atom stereocenters. The molecule has 29 heavy (non-hydrogen) atoms. The van der Waals surface area contributed by atoms with E-state index >= 15 is 0 Å². The van der Waals surface area contributed by atoms with Gasteiger partial charge in [0.05, 0.1) is 0 Å². The fourth-order valence-electron chi connectivity index (χ4n) is 5.40. The molecular weight excluding hydrogens is 380 g/mol. The fraction of sp³-hybridized carbons (Fsp3) is 0.792. The van der Waals surface area contributed by atoms with Crippen LogP contribution in [0.3, 0.4) is 0 Å². The maximum atomic E-state index is 7.29. The van der Waals surface area contributed by atoms with Crippen LogP contribution in [0.1, 0.15) is 102 Å². The number of halogens is 1. The lowest BCUT2D eigenvalue weighted by Crippen LogP contribution is -2.57. The molecule has 3 aliphatic carbocycles. The van der Waals surface area contributed by atoms with E-state index in [4.69, 9.17) is 16.6 Å². The molecule has 3 aliphatic rings. The minimum absolute atomic E-state index is 0.484. The van der Waals surface area contributed by atoms with Crippen LogP contribution in [-0.4, -0.2) is 23.1 Å². The van der Waals surface area contributed by atoms with E-state index in [1.54, 1.807) is 0 Å². The number of aromatic nitrogens is 1. The first-order valence-electron chi connectivity index (χ1n) is 12.2. The number of anilines is 1. The van der Waals surface area contributed by atoms with Crippen molar-refractivity contribution in [2.45, 2.75) is 120 Å². The van der Waals surface area contributed by atoms with E-state index in [2.05, 4.69) is 28.1 Å². The quantitative estimate of drug-likeness (QED) is 0.288. The Morgan fingerprint density at radius 3 is 1.62 bits per heavy atom. The van der Waals surface area contributed by atoms with E-state index < -0.39 is 5.12 Å². The van der Waals surface area contributed by atoms with Gasteiger partial charge in [0.15, 0.2) is 5.12 Å². The van der Waals surface area contributed by atoms with Crippen LogP contribution in [0.2, 0.25) is 0 Å². The van der Waals surface area contributed by atoms with E-state index in [9.17, 15) is 0 Å². The van der Waals surface area contributed by atoms with Crippen LogP contribution >= 0.6 is 11.6 Å². The SMILES string of the molecule is ClC(NC1CCCCC1)(NC1CCCCC1)c1ccc(NC2CCCCC2)nc1. The van der Waals surface area contributed by atoms with Crippen molar-refractivity contribution >= 4 is 17.4 Å². The van der Waals surface area contributed by atoms with Gasteiger partial charge in [0.1, 0.15) is 5.82 Å². The maximum Gasteiger partial charge on any atom is 0.174 e. The third-order valence-electron chi connectivity index (χ3n) is 7.13. The van der Waals surface area contributed by atoms with Gasteiger partial charge in [0.25, 0.3) is 0 Å². The predicted octanol–water partition coefficient (Wildman–Crippen LogP) is 6.02. The number of hydrogen-bond acceptors (Lipinski definition) is 4. The Balaban J connectivity index is 1.46. The van der Waals surface area contributed by atoms with Crippen molar-refractivity contribution in [3.05, 3.63) is 23.9 Å². The normalized spacial score (nSPS) is 23.2. The van der Waals surface area contributed by atoms with Crippen LogP contribution in [0, 0.1) is 0 Å². The van der Waals surface area contributed by atoms with Crippen LogP contribution in [0.4, 0.5) is 5.82 Å². The summed E-state index contributed by atoms with van der Waals surface area (Å²) >= 11 is 7.29. The first-order chi connectivity index (χ1) is 14.2. The molecule has 0 radical (unpaired) electrons. The molecule has 0 amide bonds. The van der Waals surface area contributed by atoms with Crippen LogP contribution in [0.25, 0.3) is 0 Å². The molecule has 1 aromatic heterocycles. The monoisotopic (exact) mass is 418 g/mol. The van der Waals surface area contributed by atoms with E-state index in [0.717, 1.165) is 11.4 Å².